The number of ether oxygens (including phenoxy) is 1. The van der Waals surface area contributed by atoms with Crippen molar-refractivity contribution in [3.8, 4) is 0 Å². The Bertz CT molecular complexity index is 473. The van der Waals surface area contributed by atoms with Gasteiger partial charge in [-0.15, -0.1) is 0 Å². The Morgan fingerprint density at radius 2 is 1.62 bits per heavy atom. The fraction of sp³-hybridized carbons (Fsp3) is 0.600. The summed E-state index contributed by atoms with van der Waals surface area (Å²) in [4.78, 5) is 25.7. The lowest BCUT2D eigenvalue weighted by atomic mass is 10.1. The molecule has 0 saturated heterocycles. The van der Waals surface area contributed by atoms with E-state index in [1.165, 1.54) is 12.8 Å². The molecule has 1 aromatic carbocycles. The summed E-state index contributed by atoms with van der Waals surface area (Å²) in [7, 11) is 0. The molecular formula is C20H31NO3. The zero-order valence-electron chi connectivity index (χ0n) is 15.1. The second-order valence-electron chi connectivity index (χ2n) is 5.96. The Kier molecular flexibility index (Phi) is 10.6. The van der Waals surface area contributed by atoms with Crippen molar-refractivity contribution in [3.63, 3.8) is 0 Å². The third kappa shape index (κ3) is 8.14. The topological polar surface area (TPSA) is 46.6 Å². The Hall–Kier alpha value is -1.84. The molecule has 0 saturated carbocycles. The number of hydrogen-bond acceptors (Lipinski definition) is 3. The average Bonchev–Trinajstić information content (AvgIpc) is 2.60. The molecule has 24 heavy (non-hydrogen) atoms. The van der Waals surface area contributed by atoms with Crippen LogP contribution in [0.2, 0.25) is 0 Å². The summed E-state index contributed by atoms with van der Waals surface area (Å²) < 4.78 is 5.20. The summed E-state index contributed by atoms with van der Waals surface area (Å²) in [6.07, 6.45) is 6.71. The van der Waals surface area contributed by atoms with Crippen LogP contribution >= 0.6 is 0 Å². The van der Waals surface area contributed by atoms with Crippen LogP contribution in [0.15, 0.2) is 30.3 Å². The second kappa shape index (κ2) is 12.6. The molecule has 0 aliphatic heterocycles. The van der Waals surface area contributed by atoms with Gasteiger partial charge in [-0.3, -0.25) is 9.59 Å². The van der Waals surface area contributed by atoms with Crippen LogP contribution in [0.5, 0.6) is 0 Å². The molecule has 0 radical (unpaired) electrons. The SMILES string of the molecule is CCCCCCOC(=O)CCCCC(=O)N(CC)c1ccccc1. The number of carbonyl (C=O) groups is 2. The summed E-state index contributed by atoms with van der Waals surface area (Å²) in [5.74, 6) is -0.0361. The van der Waals surface area contributed by atoms with Gasteiger partial charge in [-0.05, 0) is 38.3 Å². The smallest absolute Gasteiger partial charge is 0.305 e. The second-order valence-corrected chi connectivity index (χ2v) is 5.96. The Labute approximate surface area is 146 Å². The number of unbranched alkanes of at least 4 members (excludes halogenated alkanes) is 4. The number of esters is 1. The van der Waals surface area contributed by atoms with E-state index in [9.17, 15) is 9.59 Å². The van der Waals surface area contributed by atoms with Gasteiger partial charge in [0.15, 0.2) is 0 Å². The normalized spacial score (nSPS) is 10.4. The van der Waals surface area contributed by atoms with Crippen molar-refractivity contribution in [2.45, 2.75) is 65.2 Å². The Morgan fingerprint density at radius 1 is 0.917 bits per heavy atom. The van der Waals surface area contributed by atoms with Gasteiger partial charge < -0.3 is 9.64 Å². The Morgan fingerprint density at radius 3 is 2.29 bits per heavy atom. The van der Waals surface area contributed by atoms with Gasteiger partial charge in [0.05, 0.1) is 6.61 Å². The van der Waals surface area contributed by atoms with Gasteiger partial charge in [0.2, 0.25) is 5.91 Å². The molecule has 1 amide bonds. The molecule has 1 rings (SSSR count). The van der Waals surface area contributed by atoms with Crippen molar-refractivity contribution >= 4 is 17.6 Å². The lowest BCUT2D eigenvalue weighted by Gasteiger charge is -2.20. The van der Waals surface area contributed by atoms with E-state index in [1.54, 1.807) is 4.90 Å². The summed E-state index contributed by atoms with van der Waals surface area (Å²) in [6, 6.07) is 9.69. The molecule has 0 heterocycles. The third-order valence-corrected chi connectivity index (χ3v) is 3.97. The van der Waals surface area contributed by atoms with E-state index in [2.05, 4.69) is 6.92 Å². The molecule has 4 nitrogen and oxygen atoms in total. The van der Waals surface area contributed by atoms with Gasteiger partial charge in [0.1, 0.15) is 0 Å². The summed E-state index contributed by atoms with van der Waals surface area (Å²) >= 11 is 0. The van der Waals surface area contributed by atoms with Crippen LogP contribution in [0.25, 0.3) is 0 Å². The number of anilines is 1. The molecule has 0 aromatic heterocycles. The third-order valence-electron chi connectivity index (χ3n) is 3.97. The van der Waals surface area contributed by atoms with Crippen LogP contribution in [0, 0.1) is 0 Å². The number of carbonyl (C=O) groups excluding carboxylic acids is 2. The number of amides is 1. The molecule has 0 fully saturated rings. The predicted molar refractivity (Wildman–Crippen MR) is 98.0 cm³/mol. The van der Waals surface area contributed by atoms with Gasteiger partial charge in [0.25, 0.3) is 0 Å². The van der Waals surface area contributed by atoms with Gasteiger partial charge in [0, 0.05) is 25.1 Å². The van der Waals surface area contributed by atoms with E-state index >= 15 is 0 Å². The van der Waals surface area contributed by atoms with Crippen molar-refractivity contribution in [1.82, 2.24) is 0 Å². The highest BCUT2D eigenvalue weighted by molar-refractivity contribution is 5.93. The number of nitrogens with zero attached hydrogens (tertiary/aromatic N) is 1. The fourth-order valence-electron chi connectivity index (χ4n) is 2.58. The van der Waals surface area contributed by atoms with Crippen molar-refractivity contribution in [1.29, 1.82) is 0 Å². The van der Waals surface area contributed by atoms with Crippen LogP contribution in [0.3, 0.4) is 0 Å². The summed E-state index contributed by atoms with van der Waals surface area (Å²) in [5, 5.41) is 0. The minimum absolute atomic E-state index is 0.108. The fourth-order valence-corrected chi connectivity index (χ4v) is 2.58. The first-order valence-electron chi connectivity index (χ1n) is 9.20. The number of hydrogen-bond donors (Lipinski definition) is 0. The first-order valence-corrected chi connectivity index (χ1v) is 9.20. The molecule has 0 spiro atoms. The zero-order chi connectivity index (χ0) is 17.6. The molecular weight excluding hydrogens is 302 g/mol. The van der Waals surface area contributed by atoms with E-state index in [1.807, 2.05) is 37.3 Å². The maximum atomic E-state index is 12.3. The lowest BCUT2D eigenvalue weighted by molar-refractivity contribution is -0.144. The first-order chi connectivity index (χ1) is 11.7. The zero-order valence-corrected chi connectivity index (χ0v) is 15.1. The van der Waals surface area contributed by atoms with Gasteiger partial charge in [-0.25, -0.2) is 0 Å². The molecule has 0 aliphatic rings. The largest absolute Gasteiger partial charge is 0.466 e. The van der Waals surface area contributed by atoms with Gasteiger partial charge in [-0.1, -0.05) is 44.4 Å². The number of benzene rings is 1. The van der Waals surface area contributed by atoms with Crippen molar-refractivity contribution in [3.05, 3.63) is 30.3 Å². The van der Waals surface area contributed by atoms with Crippen LogP contribution in [0.1, 0.15) is 65.2 Å². The maximum absolute atomic E-state index is 12.3. The van der Waals surface area contributed by atoms with Crippen LogP contribution in [-0.2, 0) is 14.3 Å². The highest BCUT2D eigenvalue weighted by Gasteiger charge is 2.13. The molecule has 0 atom stereocenters. The first kappa shape index (κ1) is 20.2. The molecule has 4 heteroatoms. The molecule has 0 N–H and O–H groups in total. The van der Waals surface area contributed by atoms with E-state index in [-0.39, 0.29) is 11.9 Å². The van der Waals surface area contributed by atoms with Crippen LogP contribution in [0.4, 0.5) is 5.69 Å². The average molecular weight is 333 g/mol. The summed E-state index contributed by atoms with van der Waals surface area (Å²) in [6.45, 7) is 5.31. The minimum Gasteiger partial charge on any atom is -0.466 e. The van der Waals surface area contributed by atoms with Crippen molar-refractivity contribution in [2.24, 2.45) is 0 Å². The Balaban J connectivity index is 2.17. The highest BCUT2D eigenvalue weighted by Crippen LogP contribution is 2.15. The van der Waals surface area contributed by atoms with Crippen molar-refractivity contribution in [2.75, 3.05) is 18.1 Å². The van der Waals surface area contributed by atoms with E-state index in [0.29, 0.717) is 38.8 Å². The van der Waals surface area contributed by atoms with E-state index < -0.39 is 0 Å². The quantitative estimate of drug-likeness (QED) is 0.410. The van der Waals surface area contributed by atoms with Gasteiger partial charge in [-0.2, -0.15) is 0 Å². The van der Waals surface area contributed by atoms with E-state index in [0.717, 1.165) is 18.5 Å². The number of para-hydroxylation sites is 1. The predicted octanol–water partition coefficient (Wildman–Crippen LogP) is 4.72. The molecule has 1 aromatic rings. The molecule has 0 unspecified atom stereocenters. The highest BCUT2D eigenvalue weighted by atomic mass is 16.5. The van der Waals surface area contributed by atoms with Gasteiger partial charge >= 0.3 is 5.97 Å². The van der Waals surface area contributed by atoms with Crippen molar-refractivity contribution < 1.29 is 14.3 Å². The lowest BCUT2D eigenvalue weighted by Crippen LogP contribution is -2.30. The number of rotatable bonds is 12. The molecule has 0 aliphatic carbocycles. The molecule has 134 valence electrons. The van der Waals surface area contributed by atoms with Crippen LogP contribution in [-0.4, -0.2) is 25.0 Å². The molecule has 0 bridgehead atoms. The minimum atomic E-state index is -0.144. The standard InChI is InChI=1S/C20H31NO3/c1-3-5-6-12-17-24-20(23)16-11-10-15-19(22)21(4-2)18-13-8-7-9-14-18/h7-9,13-14H,3-6,10-12,15-17H2,1-2H3. The van der Waals surface area contributed by atoms with Crippen LogP contribution < -0.4 is 4.90 Å². The van der Waals surface area contributed by atoms with E-state index in [4.69, 9.17) is 4.74 Å². The maximum Gasteiger partial charge on any atom is 0.305 e. The monoisotopic (exact) mass is 333 g/mol. The summed E-state index contributed by atoms with van der Waals surface area (Å²) in [5.41, 5.74) is 0.927.